The first-order valence-corrected chi connectivity index (χ1v) is 9.52. The van der Waals surface area contributed by atoms with Gasteiger partial charge in [-0.25, -0.2) is 12.8 Å². The Bertz CT molecular complexity index is 881. The van der Waals surface area contributed by atoms with E-state index < -0.39 is 15.8 Å². The fraction of sp³-hybridized carbons (Fsp3) is 0.250. The monoisotopic (exact) mass is 383 g/mol. The van der Waals surface area contributed by atoms with Crippen LogP contribution in [0.5, 0.6) is 0 Å². The molecule has 0 saturated heterocycles. The van der Waals surface area contributed by atoms with Crippen molar-refractivity contribution < 1.29 is 26.8 Å². The van der Waals surface area contributed by atoms with Gasteiger partial charge in [-0.05, 0) is 36.8 Å². The largest absolute Gasteiger partial charge is 0.459 e. The summed E-state index contributed by atoms with van der Waals surface area (Å²) >= 11 is 0. The van der Waals surface area contributed by atoms with E-state index in [4.69, 9.17) is 4.42 Å². The zero-order valence-corrected chi connectivity index (χ0v) is 14.7. The van der Waals surface area contributed by atoms with Crippen LogP contribution in [0.4, 0.5) is 15.8 Å². The quantitative estimate of drug-likeness (QED) is 0.602. The first-order valence-electron chi connectivity index (χ1n) is 7.63. The molecule has 2 amide bonds. The highest BCUT2D eigenvalue weighted by atomic mass is 32.2. The summed E-state index contributed by atoms with van der Waals surface area (Å²) in [5.74, 6) is -1.29. The molecule has 2 rings (SSSR count). The van der Waals surface area contributed by atoms with Gasteiger partial charge in [-0.15, -0.1) is 0 Å². The molecule has 1 aromatic heterocycles. The van der Waals surface area contributed by atoms with Gasteiger partial charge < -0.3 is 15.1 Å². The van der Waals surface area contributed by atoms with Crippen molar-refractivity contribution in [3.8, 4) is 0 Å². The molecule has 2 aromatic rings. The number of nitrogens with one attached hydrogen (secondary N) is 3. The second-order valence-electron chi connectivity index (χ2n) is 5.45. The summed E-state index contributed by atoms with van der Waals surface area (Å²) in [4.78, 5) is 23.5. The molecule has 1 aromatic carbocycles. The fourth-order valence-electron chi connectivity index (χ4n) is 2.05. The molecule has 0 aliphatic carbocycles. The molecule has 0 atom stereocenters. The number of hydrogen-bond donors (Lipinski definition) is 3. The minimum Gasteiger partial charge on any atom is -0.459 e. The van der Waals surface area contributed by atoms with Gasteiger partial charge in [-0.1, -0.05) is 0 Å². The van der Waals surface area contributed by atoms with Crippen molar-refractivity contribution in [2.75, 3.05) is 22.8 Å². The molecule has 1 heterocycles. The van der Waals surface area contributed by atoms with E-state index in [0.717, 1.165) is 12.3 Å². The van der Waals surface area contributed by atoms with Crippen LogP contribution >= 0.6 is 0 Å². The molecule has 0 bridgehead atoms. The maximum Gasteiger partial charge on any atom is 0.286 e. The number of sulfonamides is 1. The van der Waals surface area contributed by atoms with Crippen LogP contribution in [-0.2, 0) is 14.8 Å². The Morgan fingerprint density at radius 3 is 2.65 bits per heavy atom. The van der Waals surface area contributed by atoms with Crippen LogP contribution in [0.25, 0.3) is 0 Å². The van der Waals surface area contributed by atoms with Crippen molar-refractivity contribution >= 4 is 33.2 Å². The molecule has 8 nitrogen and oxygen atoms in total. The summed E-state index contributed by atoms with van der Waals surface area (Å²) in [6.07, 6.45) is 2.78. The molecular weight excluding hydrogens is 365 g/mol. The number of carbonyl (C=O) groups excluding carboxylic acids is 2. The van der Waals surface area contributed by atoms with Crippen LogP contribution in [0.3, 0.4) is 0 Å². The molecule has 0 aliphatic heterocycles. The van der Waals surface area contributed by atoms with Gasteiger partial charge in [0.1, 0.15) is 5.82 Å². The van der Waals surface area contributed by atoms with Gasteiger partial charge >= 0.3 is 0 Å². The van der Waals surface area contributed by atoms with E-state index in [2.05, 4.69) is 10.6 Å². The van der Waals surface area contributed by atoms with E-state index in [0.29, 0.717) is 6.42 Å². The van der Waals surface area contributed by atoms with Gasteiger partial charge in [0.05, 0.1) is 18.2 Å². The van der Waals surface area contributed by atoms with Crippen molar-refractivity contribution in [3.63, 3.8) is 0 Å². The Morgan fingerprint density at radius 2 is 2.00 bits per heavy atom. The van der Waals surface area contributed by atoms with Gasteiger partial charge in [0.2, 0.25) is 15.9 Å². The summed E-state index contributed by atoms with van der Waals surface area (Å²) in [5.41, 5.74) is -0.00168. The van der Waals surface area contributed by atoms with Crippen molar-refractivity contribution in [3.05, 3.63) is 48.2 Å². The smallest absolute Gasteiger partial charge is 0.286 e. The van der Waals surface area contributed by atoms with Gasteiger partial charge in [-0.3, -0.25) is 14.3 Å². The summed E-state index contributed by atoms with van der Waals surface area (Å²) in [6.45, 7) is 0.275. The number of furan rings is 1. The van der Waals surface area contributed by atoms with Crippen molar-refractivity contribution in [2.24, 2.45) is 0 Å². The summed E-state index contributed by atoms with van der Waals surface area (Å²) in [5, 5.41) is 5.15. The number of anilines is 2. The third-order valence-corrected chi connectivity index (χ3v) is 3.75. The summed E-state index contributed by atoms with van der Waals surface area (Å²) < 4.78 is 42.9. The van der Waals surface area contributed by atoms with Crippen molar-refractivity contribution in [1.82, 2.24) is 5.32 Å². The van der Waals surface area contributed by atoms with Crippen LogP contribution in [-0.4, -0.2) is 33.0 Å². The van der Waals surface area contributed by atoms with E-state index in [1.54, 1.807) is 6.07 Å². The highest BCUT2D eigenvalue weighted by Gasteiger charge is 2.11. The number of halogens is 1. The van der Waals surface area contributed by atoms with E-state index in [-0.39, 0.29) is 41.9 Å². The van der Waals surface area contributed by atoms with E-state index >= 15 is 0 Å². The Hall–Kier alpha value is -2.88. The van der Waals surface area contributed by atoms with Crippen molar-refractivity contribution in [2.45, 2.75) is 12.8 Å². The molecule has 140 valence electrons. The number of hydrogen-bond acceptors (Lipinski definition) is 5. The lowest BCUT2D eigenvalue weighted by Crippen LogP contribution is -2.25. The Balaban J connectivity index is 1.80. The highest BCUT2D eigenvalue weighted by Crippen LogP contribution is 2.20. The molecule has 10 heteroatoms. The van der Waals surface area contributed by atoms with Crippen LogP contribution in [0, 0.1) is 5.82 Å². The summed E-state index contributed by atoms with van der Waals surface area (Å²) in [6, 6.07) is 6.68. The predicted octanol–water partition coefficient (Wildman–Crippen LogP) is 1.94. The molecule has 0 fully saturated rings. The second-order valence-corrected chi connectivity index (χ2v) is 7.20. The zero-order chi connectivity index (χ0) is 19.2. The minimum absolute atomic E-state index is 0.116. The summed E-state index contributed by atoms with van der Waals surface area (Å²) in [7, 11) is -3.64. The maximum absolute atomic E-state index is 13.6. The maximum atomic E-state index is 13.6. The molecule has 3 N–H and O–H groups in total. The second kappa shape index (κ2) is 8.48. The molecular formula is C16H18FN3O5S. The topological polar surface area (TPSA) is 118 Å². The first kappa shape index (κ1) is 19.4. The van der Waals surface area contributed by atoms with E-state index in [9.17, 15) is 22.4 Å². The fourth-order valence-corrected chi connectivity index (χ4v) is 2.61. The van der Waals surface area contributed by atoms with Gasteiger partial charge in [0, 0.05) is 18.7 Å². The molecule has 0 aliphatic rings. The Labute approximate surface area is 149 Å². The van der Waals surface area contributed by atoms with Crippen LogP contribution < -0.4 is 15.4 Å². The van der Waals surface area contributed by atoms with Crippen LogP contribution in [0.2, 0.25) is 0 Å². The molecule has 0 saturated carbocycles. The van der Waals surface area contributed by atoms with Gasteiger partial charge in [-0.2, -0.15) is 0 Å². The van der Waals surface area contributed by atoms with Crippen molar-refractivity contribution in [1.29, 1.82) is 0 Å². The SMILES string of the molecule is CS(=O)(=O)Nc1cc(NC(=O)CCCNC(=O)c2ccco2)ccc1F. The van der Waals surface area contributed by atoms with Crippen LogP contribution in [0.15, 0.2) is 41.0 Å². The zero-order valence-electron chi connectivity index (χ0n) is 13.9. The lowest BCUT2D eigenvalue weighted by molar-refractivity contribution is -0.116. The third kappa shape index (κ3) is 6.20. The lowest BCUT2D eigenvalue weighted by Gasteiger charge is -2.09. The van der Waals surface area contributed by atoms with E-state index in [1.807, 2.05) is 4.72 Å². The average molecular weight is 383 g/mol. The lowest BCUT2D eigenvalue weighted by atomic mass is 10.2. The highest BCUT2D eigenvalue weighted by molar-refractivity contribution is 7.92. The van der Waals surface area contributed by atoms with Gasteiger partial charge in [0.25, 0.3) is 5.91 Å². The predicted molar refractivity (Wildman–Crippen MR) is 93.8 cm³/mol. The van der Waals surface area contributed by atoms with E-state index in [1.165, 1.54) is 24.5 Å². The standard InChI is InChI=1S/C16H18FN3O5S/c1-26(23,24)20-13-10-11(6-7-12(13)17)19-15(21)5-2-8-18-16(22)14-4-3-9-25-14/h3-4,6-7,9-10,20H,2,5,8H2,1H3,(H,18,22)(H,19,21). The molecule has 0 radical (unpaired) electrons. The molecule has 0 spiro atoms. The van der Waals surface area contributed by atoms with Gasteiger partial charge in [0.15, 0.2) is 5.76 Å². The minimum atomic E-state index is -3.64. The number of rotatable bonds is 8. The number of amides is 2. The number of carbonyl (C=O) groups is 2. The third-order valence-electron chi connectivity index (χ3n) is 3.16. The first-order chi connectivity index (χ1) is 12.2. The van der Waals surface area contributed by atoms with Crippen LogP contribution in [0.1, 0.15) is 23.4 Å². The normalized spacial score (nSPS) is 11.0. The molecule has 26 heavy (non-hydrogen) atoms. The average Bonchev–Trinajstić information content (AvgIpc) is 3.08. The molecule has 0 unspecified atom stereocenters. The number of benzene rings is 1. The Kier molecular flexibility index (Phi) is 6.34. The Morgan fingerprint density at radius 1 is 1.23 bits per heavy atom.